The van der Waals surface area contributed by atoms with E-state index >= 15 is 0 Å². The molecule has 0 unspecified atom stereocenters. The van der Waals surface area contributed by atoms with Gasteiger partial charge in [-0.15, -0.1) is 0 Å². The van der Waals surface area contributed by atoms with Crippen molar-refractivity contribution in [2.24, 2.45) is 0 Å². The van der Waals surface area contributed by atoms with Crippen LogP contribution in [0.15, 0.2) is 53.3 Å². The molecule has 29 heavy (non-hydrogen) atoms. The first-order valence-electron chi connectivity index (χ1n) is 9.45. The first-order valence-corrected chi connectivity index (χ1v) is 10.2. The molecule has 0 spiro atoms. The van der Waals surface area contributed by atoms with Crippen LogP contribution in [0.3, 0.4) is 0 Å². The summed E-state index contributed by atoms with van der Waals surface area (Å²) in [4.78, 5) is 20.5. The van der Waals surface area contributed by atoms with Crippen molar-refractivity contribution >= 4 is 22.0 Å². The Morgan fingerprint density at radius 1 is 1.17 bits per heavy atom. The number of rotatable bonds is 3. The number of nitrogens with zero attached hydrogens (tertiary/aromatic N) is 2. The minimum absolute atomic E-state index is 0.163. The van der Waals surface area contributed by atoms with Gasteiger partial charge in [-0.05, 0) is 82.4 Å². The van der Waals surface area contributed by atoms with Crippen LogP contribution in [0.25, 0.3) is 22.4 Å². The number of carboxylic acid groups (broad SMARTS) is 1. The Labute approximate surface area is 176 Å². The van der Waals surface area contributed by atoms with Crippen molar-refractivity contribution in [2.45, 2.75) is 25.2 Å². The van der Waals surface area contributed by atoms with Crippen LogP contribution in [0, 0.1) is 5.82 Å². The highest BCUT2D eigenvalue weighted by Gasteiger charge is 2.35. The van der Waals surface area contributed by atoms with Crippen LogP contribution in [0.4, 0.5) is 9.18 Å². The minimum Gasteiger partial charge on any atom is -0.465 e. The summed E-state index contributed by atoms with van der Waals surface area (Å²) in [6.07, 6.45) is 2.35. The average Bonchev–Trinajstić information content (AvgIpc) is 3.15. The lowest BCUT2D eigenvalue weighted by molar-refractivity contribution is 0.119. The highest BCUT2D eigenvalue weighted by Crippen LogP contribution is 2.41. The SMILES string of the molecule is CC1(c2cc(-c3ccnc(Br)c3)c(-c3ccc(F)cc3)[nH]2)CCN(C(=O)O)CC1. The molecule has 0 aliphatic carbocycles. The number of aromatic nitrogens is 2. The van der Waals surface area contributed by atoms with Gasteiger partial charge in [0, 0.05) is 36.0 Å². The van der Waals surface area contributed by atoms with E-state index in [2.05, 4.69) is 38.9 Å². The summed E-state index contributed by atoms with van der Waals surface area (Å²) in [6, 6.07) is 12.5. The van der Waals surface area contributed by atoms with Crippen LogP contribution in [0.2, 0.25) is 0 Å². The van der Waals surface area contributed by atoms with Gasteiger partial charge in [-0.1, -0.05) is 6.92 Å². The van der Waals surface area contributed by atoms with Crippen LogP contribution >= 0.6 is 15.9 Å². The Morgan fingerprint density at radius 2 is 1.86 bits per heavy atom. The quantitative estimate of drug-likeness (QED) is 0.497. The number of benzene rings is 1. The van der Waals surface area contributed by atoms with Gasteiger partial charge in [0.25, 0.3) is 0 Å². The van der Waals surface area contributed by atoms with Gasteiger partial charge in [0.05, 0.1) is 5.69 Å². The van der Waals surface area contributed by atoms with Gasteiger partial charge in [0.2, 0.25) is 0 Å². The van der Waals surface area contributed by atoms with Gasteiger partial charge >= 0.3 is 6.09 Å². The highest BCUT2D eigenvalue weighted by atomic mass is 79.9. The molecule has 4 rings (SSSR count). The van der Waals surface area contributed by atoms with E-state index in [1.54, 1.807) is 18.3 Å². The number of nitrogens with one attached hydrogen (secondary N) is 1. The molecule has 1 aromatic carbocycles. The summed E-state index contributed by atoms with van der Waals surface area (Å²) in [5, 5.41) is 9.25. The standard InChI is InChI=1S/C22H21BrFN3O2/c1-22(7-10-27(11-8-22)21(28)29)18-13-17(15-6-9-25-19(23)12-15)20(26-18)14-2-4-16(24)5-3-14/h2-6,9,12-13,26H,7-8,10-11H2,1H3,(H,28,29). The molecule has 0 saturated carbocycles. The third-order valence-corrected chi connectivity index (χ3v) is 6.21. The number of likely N-dealkylation sites (tertiary alicyclic amines) is 1. The first kappa shape index (κ1) is 19.6. The summed E-state index contributed by atoms with van der Waals surface area (Å²) >= 11 is 3.43. The Bertz CT molecular complexity index is 1040. The number of pyridine rings is 1. The molecule has 3 heterocycles. The van der Waals surface area contributed by atoms with E-state index in [4.69, 9.17) is 0 Å². The molecular weight excluding hydrogens is 437 g/mol. The summed E-state index contributed by atoms with van der Waals surface area (Å²) in [5.41, 5.74) is 4.72. The molecule has 1 amide bonds. The topological polar surface area (TPSA) is 69.2 Å². The second-order valence-corrected chi connectivity index (χ2v) is 8.49. The van der Waals surface area contributed by atoms with Gasteiger partial charge in [-0.25, -0.2) is 14.2 Å². The normalized spacial score (nSPS) is 16.0. The molecule has 1 aliphatic heterocycles. The number of piperidine rings is 1. The molecule has 3 aromatic rings. The number of carbonyl (C=O) groups is 1. The Hall–Kier alpha value is -2.67. The fraction of sp³-hybridized carbons (Fsp3) is 0.273. The van der Waals surface area contributed by atoms with Crippen molar-refractivity contribution in [3.63, 3.8) is 0 Å². The predicted octanol–water partition coefficient (Wildman–Crippen LogP) is 5.68. The summed E-state index contributed by atoms with van der Waals surface area (Å²) in [6.45, 7) is 3.18. The number of halogens is 2. The van der Waals surface area contributed by atoms with Crippen LogP contribution in [0.5, 0.6) is 0 Å². The molecule has 0 atom stereocenters. The number of hydrogen-bond acceptors (Lipinski definition) is 2. The van der Waals surface area contributed by atoms with Gasteiger partial charge in [0.15, 0.2) is 0 Å². The van der Waals surface area contributed by atoms with Crippen LogP contribution < -0.4 is 0 Å². The molecule has 150 valence electrons. The lowest BCUT2D eigenvalue weighted by Crippen LogP contribution is -2.43. The molecule has 5 nitrogen and oxygen atoms in total. The largest absolute Gasteiger partial charge is 0.465 e. The minimum atomic E-state index is -0.868. The zero-order chi connectivity index (χ0) is 20.6. The fourth-order valence-corrected chi connectivity index (χ4v) is 4.25. The lowest BCUT2D eigenvalue weighted by atomic mass is 9.77. The van der Waals surface area contributed by atoms with Gasteiger partial charge in [-0.3, -0.25) is 0 Å². The van der Waals surface area contributed by atoms with Gasteiger partial charge < -0.3 is 15.0 Å². The van der Waals surface area contributed by atoms with E-state index in [-0.39, 0.29) is 11.2 Å². The molecule has 2 aromatic heterocycles. The van der Waals surface area contributed by atoms with Crippen molar-refractivity contribution < 1.29 is 14.3 Å². The summed E-state index contributed by atoms with van der Waals surface area (Å²) in [7, 11) is 0. The number of H-pyrrole nitrogens is 1. The third kappa shape index (κ3) is 3.92. The molecule has 7 heteroatoms. The van der Waals surface area contributed by atoms with Crippen molar-refractivity contribution in [3.05, 3.63) is 64.8 Å². The second-order valence-electron chi connectivity index (χ2n) is 7.68. The number of amides is 1. The van der Waals surface area contributed by atoms with Crippen molar-refractivity contribution in [1.29, 1.82) is 0 Å². The van der Waals surface area contributed by atoms with E-state index in [0.717, 1.165) is 45.5 Å². The van der Waals surface area contributed by atoms with E-state index in [9.17, 15) is 14.3 Å². The molecule has 0 bridgehead atoms. The fourth-order valence-electron chi connectivity index (χ4n) is 3.88. The first-order chi connectivity index (χ1) is 13.9. The van der Waals surface area contributed by atoms with Crippen LogP contribution in [-0.2, 0) is 5.41 Å². The zero-order valence-corrected chi connectivity index (χ0v) is 17.5. The monoisotopic (exact) mass is 457 g/mol. The Balaban J connectivity index is 1.77. The molecule has 1 aliphatic rings. The smallest absolute Gasteiger partial charge is 0.407 e. The molecular formula is C22H21BrFN3O2. The molecule has 0 radical (unpaired) electrons. The van der Waals surface area contributed by atoms with Crippen molar-refractivity contribution in [2.75, 3.05) is 13.1 Å². The lowest BCUT2D eigenvalue weighted by Gasteiger charge is -2.37. The highest BCUT2D eigenvalue weighted by molar-refractivity contribution is 9.10. The van der Waals surface area contributed by atoms with E-state index in [0.29, 0.717) is 13.1 Å². The van der Waals surface area contributed by atoms with Crippen molar-refractivity contribution in [1.82, 2.24) is 14.9 Å². The predicted molar refractivity (Wildman–Crippen MR) is 113 cm³/mol. The number of hydrogen-bond donors (Lipinski definition) is 2. The maximum absolute atomic E-state index is 13.5. The molecule has 1 fully saturated rings. The van der Waals surface area contributed by atoms with Gasteiger partial charge in [0.1, 0.15) is 10.4 Å². The van der Waals surface area contributed by atoms with E-state index < -0.39 is 6.09 Å². The zero-order valence-electron chi connectivity index (χ0n) is 16.0. The maximum atomic E-state index is 13.5. The van der Waals surface area contributed by atoms with E-state index in [1.807, 2.05) is 12.1 Å². The Kier molecular flexibility index (Phi) is 5.17. The van der Waals surface area contributed by atoms with Gasteiger partial charge in [-0.2, -0.15) is 0 Å². The van der Waals surface area contributed by atoms with E-state index in [1.165, 1.54) is 17.0 Å². The average molecular weight is 458 g/mol. The maximum Gasteiger partial charge on any atom is 0.407 e. The third-order valence-electron chi connectivity index (χ3n) is 5.78. The molecule has 1 saturated heterocycles. The van der Waals surface area contributed by atoms with Crippen LogP contribution in [0.1, 0.15) is 25.5 Å². The molecule has 2 N–H and O–H groups in total. The van der Waals surface area contributed by atoms with Crippen LogP contribution in [-0.4, -0.2) is 39.2 Å². The Morgan fingerprint density at radius 3 is 2.48 bits per heavy atom. The van der Waals surface area contributed by atoms with Crippen molar-refractivity contribution in [3.8, 4) is 22.4 Å². The number of aromatic amines is 1. The summed E-state index contributed by atoms with van der Waals surface area (Å²) in [5.74, 6) is -0.276. The summed E-state index contributed by atoms with van der Waals surface area (Å²) < 4.78 is 14.2. The second kappa shape index (κ2) is 7.63.